The number of fused-ring (bicyclic) bond motifs is 3. The van der Waals surface area contributed by atoms with Crippen LogP contribution in [0.15, 0.2) is 35.7 Å². The van der Waals surface area contributed by atoms with Gasteiger partial charge in [-0.15, -0.1) is 11.3 Å². The summed E-state index contributed by atoms with van der Waals surface area (Å²) in [5.41, 5.74) is 4.31. The molecule has 0 bridgehead atoms. The predicted molar refractivity (Wildman–Crippen MR) is 110 cm³/mol. The van der Waals surface area contributed by atoms with E-state index in [4.69, 9.17) is 11.6 Å². The summed E-state index contributed by atoms with van der Waals surface area (Å²) in [5.74, 6) is 0.778. The molecule has 136 valence electrons. The Morgan fingerprint density at radius 2 is 2.23 bits per heavy atom. The molecule has 4 rings (SSSR count). The third kappa shape index (κ3) is 2.95. The number of benzene rings is 1. The highest BCUT2D eigenvalue weighted by Gasteiger charge is 2.41. The van der Waals surface area contributed by atoms with E-state index in [1.54, 1.807) is 11.3 Å². The van der Waals surface area contributed by atoms with Gasteiger partial charge in [0.2, 0.25) is 5.91 Å². The molecule has 0 saturated heterocycles. The molecule has 1 amide bonds. The lowest BCUT2D eigenvalue weighted by Gasteiger charge is -2.38. The largest absolute Gasteiger partial charge is 0.376 e. The average molecular weight is 387 g/mol. The summed E-state index contributed by atoms with van der Waals surface area (Å²) < 4.78 is 0. The van der Waals surface area contributed by atoms with Gasteiger partial charge in [-0.2, -0.15) is 0 Å². The van der Waals surface area contributed by atoms with Crippen molar-refractivity contribution in [2.24, 2.45) is 5.92 Å². The first-order valence-electron chi connectivity index (χ1n) is 9.19. The number of allylic oxidation sites excluding steroid dienone is 2. The van der Waals surface area contributed by atoms with Gasteiger partial charge in [0.05, 0.1) is 16.8 Å². The van der Waals surface area contributed by atoms with Gasteiger partial charge in [-0.1, -0.05) is 30.7 Å². The fourth-order valence-corrected chi connectivity index (χ4v) is 5.46. The van der Waals surface area contributed by atoms with Crippen molar-refractivity contribution in [1.29, 1.82) is 0 Å². The number of aryl methyl sites for hydroxylation is 1. The molecule has 3 atom stereocenters. The van der Waals surface area contributed by atoms with Gasteiger partial charge in [-0.3, -0.25) is 4.79 Å². The molecule has 1 aliphatic carbocycles. The van der Waals surface area contributed by atoms with Crippen molar-refractivity contribution in [1.82, 2.24) is 0 Å². The van der Waals surface area contributed by atoms with Crippen molar-refractivity contribution in [3.05, 3.63) is 56.8 Å². The number of halogens is 1. The van der Waals surface area contributed by atoms with Gasteiger partial charge in [0.1, 0.15) is 0 Å². The van der Waals surface area contributed by atoms with E-state index >= 15 is 0 Å². The van der Waals surface area contributed by atoms with Crippen LogP contribution in [0.25, 0.3) is 0 Å². The van der Waals surface area contributed by atoms with Gasteiger partial charge in [0.25, 0.3) is 0 Å². The van der Waals surface area contributed by atoms with Crippen molar-refractivity contribution in [3.63, 3.8) is 0 Å². The summed E-state index contributed by atoms with van der Waals surface area (Å²) in [6, 6.07) is 6.25. The maximum absolute atomic E-state index is 12.2. The zero-order valence-electron chi connectivity index (χ0n) is 15.0. The molecular weight excluding hydrogens is 364 g/mol. The fraction of sp³-hybridized carbons (Fsp3) is 0.381. The van der Waals surface area contributed by atoms with E-state index in [0.717, 1.165) is 29.8 Å². The third-order valence-corrected chi connectivity index (χ3v) is 6.82. The molecular formula is C21H23ClN2OS. The van der Waals surface area contributed by atoms with Crippen LogP contribution in [-0.2, 0) is 4.79 Å². The number of amides is 1. The van der Waals surface area contributed by atoms with Crippen molar-refractivity contribution in [2.45, 2.75) is 45.1 Å². The van der Waals surface area contributed by atoms with Crippen molar-refractivity contribution >= 4 is 40.2 Å². The van der Waals surface area contributed by atoms with Crippen LogP contribution >= 0.6 is 22.9 Å². The van der Waals surface area contributed by atoms with Gasteiger partial charge in [0.15, 0.2) is 0 Å². The standard InChI is InChI=1S/C21H23ClN2OS/c1-3-5-17(25)23-16-9-8-15(22)20-18(16)13-6-4-7-14(13)19(24-20)21-12(2)10-11-26-21/h4,6,8-11,13-14,19,24H,3,5,7H2,1-2H3,(H,23,25). The highest BCUT2D eigenvalue weighted by Crippen LogP contribution is 2.54. The highest BCUT2D eigenvalue weighted by atomic mass is 35.5. The van der Waals surface area contributed by atoms with E-state index in [-0.39, 0.29) is 17.9 Å². The SMILES string of the molecule is CCCC(=O)Nc1ccc(Cl)c2c1C1C=CCC1C(c1sccc1C)N2. The maximum Gasteiger partial charge on any atom is 0.224 e. The van der Waals surface area contributed by atoms with E-state index in [9.17, 15) is 4.79 Å². The zero-order chi connectivity index (χ0) is 18.3. The minimum absolute atomic E-state index is 0.0618. The van der Waals surface area contributed by atoms with Crippen molar-refractivity contribution in [3.8, 4) is 0 Å². The number of hydrogen-bond acceptors (Lipinski definition) is 3. The Morgan fingerprint density at radius 1 is 1.38 bits per heavy atom. The van der Waals surface area contributed by atoms with Crippen LogP contribution in [0.4, 0.5) is 11.4 Å². The lowest BCUT2D eigenvalue weighted by Crippen LogP contribution is -2.30. The van der Waals surface area contributed by atoms with Crippen LogP contribution in [0, 0.1) is 12.8 Å². The summed E-state index contributed by atoms with van der Waals surface area (Å²) in [4.78, 5) is 13.6. The van der Waals surface area contributed by atoms with Crippen LogP contribution in [0.2, 0.25) is 5.02 Å². The van der Waals surface area contributed by atoms with E-state index in [0.29, 0.717) is 17.4 Å². The quantitative estimate of drug-likeness (QED) is 0.607. The van der Waals surface area contributed by atoms with E-state index in [1.165, 1.54) is 10.4 Å². The summed E-state index contributed by atoms with van der Waals surface area (Å²) in [6.45, 7) is 4.19. The third-order valence-electron chi connectivity index (χ3n) is 5.40. The van der Waals surface area contributed by atoms with E-state index < -0.39 is 0 Å². The second kappa shape index (κ2) is 7.09. The molecule has 26 heavy (non-hydrogen) atoms. The van der Waals surface area contributed by atoms with Crippen molar-refractivity contribution < 1.29 is 4.79 Å². The molecule has 2 aliphatic rings. The molecule has 2 heterocycles. The molecule has 0 radical (unpaired) electrons. The van der Waals surface area contributed by atoms with Crippen LogP contribution in [0.1, 0.15) is 54.1 Å². The number of hydrogen-bond donors (Lipinski definition) is 2. The lowest BCUT2D eigenvalue weighted by atomic mass is 9.77. The zero-order valence-corrected chi connectivity index (χ0v) is 16.6. The first kappa shape index (κ1) is 17.6. The van der Waals surface area contributed by atoms with Gasteiger partial charge in [-0.25, -0.2) is 0 Å². The first-order chi connectivity index (χ1) is 12.6. The Balaban J connectivity index is 1.78. The fourth-order valence-electron chi connectivity index (χ4n) is 4.19. The Hall–Kier alpha value is -1.78. The van der Waals surface area contributed by atoms with E-state index in [1.807, 2.05) is 19.1 Å². The molecule has 5 heteroatoms. The average Bonchev–Trinajstić information content (AvgIpc) is 3.26. The van der Waals surface area contributed by atoms with Gasteiger partial charge >= 0.3 is 0 Å². The molecule has 3 unspecified atom stereocenters. The number of carbonyl (C=O) groups is 1. The summed E-state index contributed by atoms with van der Waals surface area (Å²) >= 11 is 8.38. The highest BCUT2D eigenvalue weighted by molar-refractivity contribution is 7.10. The number of rotatable bonds is 4. The van der Waals surface area contributed by atoms with Gasteiger partial charge in [-0.05, 0) is 54.8 Å². The Morgan fingerprint density at radius 3 is 2.96 bits per heavy atom. The smallest absolute Gasteiger partial charge is 0.224 e. The Kier molecular flexibility index (Phi) is 4.80. The summed E-state index contributed by atoms with van der Waals surface area (Å²) in [5, 5.41) is 9.69. The van der Waals surface area contributed by atoms with E-state index in [2.05, 4.69) is 41.2 Å². The topological polar surface area (TPSA) is 41.1 Å². The minimum Gasteiger partial charge on any atom is -0.376 e. The molecule has 1 aliphatic heterocycles. The predicted octanol–water partition coefficient (Wildman–Crippen LogP) is 6.28. The van der Waals surface area contributed by atoms with Gasteiger partial charge < -0.3 is 10.6 Å². The van der Waals surface area contributed by atoms with Crippen LogP contribution in [0.3, 0.4) is 0 Å². The molecule has 1 aromatic heterocycles. The molecule has 0 spiro atoms. The monoisotopic (exact) mass is 386 g/mol. The van der Waals surface area contributed by atoms with Crippen LogP contribution in [0.5, 0.6) is 0 Å². The number of carbonyl (C=O) groups excluding carboxylic acids is 1. The maximum atomic E-state index is 12.2. The van der Waals surface area contributed by atoms with Crippen LogP contribution < -0.4 is 10.6 Å². The minimum atomic E-state index is 0.0618. The second-order valence-electron chi connectivity index (χ2n) is 7.13. The molecule has 0 fully saturated rings. The molecule has 1 aromatic carbocycles. The molecule has 2 aromatic rings. The van der Waals surface area contributed by atoms with Crippen molar-refractivity contribution in [2.75, 3.05) is 10.6 Å². The molecule has 2 N–H and O–H groups in total. The van der Waals surface area contributed by atoms with Crippen LogP contribution in [-0.4, -0.2) is 5.91 Å². The summed E-state index contributed by atoms with van der Waals surface area (Å²) in [7, 11) is 0. The number of nitrogens with one attached hydrogen (secondary N) is 2. The number of thiophene rings is 1. The second-order valence-corrected chi connectivity index (χ2v) is 8.48. The Labute approximate surface area is 163 Å². The normalized spacial score (nSPS) is 23.3. The molecule has 3 nitrogen and oxygen atoms in total. The first-order valence-corrected chi connectivity index (χ1v) is 10.4. The molecule has 0 saturated carbocycles. The summed E-state index contributed by atoms with van der Waals surface area (Å²) in [6.07, 6.45) is 6.96. The lowest BCUT2D eigenvalue weighted by molar-refractivity contribution is -0.116. The Bertz CT molecular complexity index is 873. The number of anilines is 2. The van der Waals surface area contributed by atoms with Gasteiger partial charge in [0, 0.05) is 28.5 Å².